The third-order valence-corrected chi connectivity index (χ3v) is 2.60. The molecule has 2 rings (SSSR count). The molecule has 0 aliphatic carbocycles. The highest BCUT2D eigenvalue weighted by Crippen LogP contribution is 2.15. The van der Waals surface area contributed by atoms with Crippen LogP contribution < -0.4 is 0 Å². The SMILES string of the molecule is CCCc1c(C)nc2scnn12. The molecule has 3 nitrogen and oxygen atoms in total. The second kappa shape index (κ2) is 2.86. The second-order valence-electron chi connectivity index (χ2n) is 2.83. The maximum atomic E-state index is 4.41. The molecule has 0 fully saturated rings. The molecule has 2 aromatic rings. The first-order chi connectivity index (χ1) is 5.83. The minimum atomic E-state index is 1.01. The fourth-order valence-corrected chi connectivity index (χ4v) is 2.04. The van der Waals surface area contributed by atoms with E-state index in [1.165, 1.54) is 5.69 Å². The third-order valence-electron chi connectivity index (χ3n) is 1.93. The van der Waals surface area contributed by atoms with Crippen LogP contribution in [0.25, 0.3) is 4.96 Å². The largest absolute Gasteiger partial charge is 0.223 e. The summed E-state index contributed by atoms with van der Waals surface area (Å²) in [6, 6.07) is 0. The smallest absolute Gasteiger partial charge is 0.212 e. The van der Waals surface area contributed by atoms with E-state index >= 15 is 0 Å². The van der Waals surface area contributed by atoms with Crippen molar-refractivity contribution in [3.63, 3.8) is 0 Å². The van der Waals surface area contributed by atoms with Gasteiger partial charge in [-0.3, -0.25) is 0 Å². The van der Waals surface area contributed by atoms with Crippen molar-refractivity contribution >= 4 is 16.3 Å². The van der Waals surface area contributed by atoms with E-state index < -0.39 is 0 Å². The van der Waals surface area contributed by atoms with Crippen LogP contribution in [0.15, 0.2) is 5.51 Å². The van der Waals surface area contributed by atoms with Gasteiger partial charge < -0.3 is 0 Å². The Morgan fingerprint density at radius 3 is 3.17 bits per heavy atom. The molecule has 0 radical (unpaired) electrons. The predicted octanol–water partition coefficient (Wildman–Crippen LogP) is 2.05. The fourth-order valence-electron chi connectivity index (χ4n) is 1.36. The van der Waals surface area contributed by atoms with Crippen molar-refractivity contribution in [3.05, 3.63) is 16.9 Å². The lowest BCUT2D eigenvalue weighted by Gasteiger charge is -1.94. The quantitative estimate of drug-likeness (QED) is 0.709. The summed E-state index contributed by atoms with van der Waals surface area (Å²) in [5.41, 5.74) is 4.21. The summed E-state index contributed by atoms with van der Waals surface area (Å²) in [5.74, 6) is 0. The van der Waals surface area contributed by atoms with Crippen molar-refractivity contribution in [1.82, 2.24) is 14.6 Å². The zero-order valence-corrected chi connectivity index (χ0v) is 8.06. The van der Waals surface area contributed by atoms with E-state index in [9.17, 15) is 0 Å². The number of rotatable bonds is 2. The Labute approximate surface area is 75.1 Å². The van der Waals surface area contributed by atoms with Gasteiger partial charge in [0.1, 0.15) is 5.51 Å². The third kappa shape index (κ3) is 1.03. The average Bonchev–Trinajstić information content (AvgIpc) is 2.56. The number of imidazole rings is 1. The summed E-state index contributed by atoms with van der Waals surface area (Å²) in [4.78, 5) is 5.42. The Bertz CT molecular complexity index is 388. The van der Waals surface area contributed by atoms with Crippen LogP contribution in [0.4, 0.5) is 0 Å². The Kier molecular flexibility index (Phi) is 1.84. The van der Waals surface area contributed by atoms with Gasteiger partial charge in [-0.1, -0.05) is 24.7 Å². The van der Waals surface area contributed by atoms with E-state index in [1.807, 2.05) is 16.9 Å². The maximum Gasteiger partial charge on any atom is 0.212 e. The molecule has 0 saturated carbocycles. The topological polar surface area (TPSA) is 30.2 Å². The van der Waals surface area contributed by atoms with Gasteiger partial charge in [0.2, 0.25) is 4.96 Å². The molecule has 0 aromatic carbocycles. The van der Waals surface area contributed by atoms with Crippen LogP contribution in [0.5, 0.6) is 0 Å². The van der Waals surface area contributed by atoms with Gasteiger partial charge in [0.25, 0.3) is 0 Å². The van der Waals surface area contributed by atoms with Crippen LogP contribution in [-0.4, -0.2) is 14.6 Å². The highest BCUT2D eigenvalue weighted by Gasteiger charge is 2.08. The number of nitrogens with zero attached hydrogens (tertiary/aromatic N) is 3. The lowest BCUT2D eigenvalue weighted by atomic mass is 10.2. The Morgan fingerprint density at radius 1 is 1.58 bits per heavy atom. The van der Waals surface area contributed by atoms with Gasteiger partial charge in [0, 0.05) is 0 Å². The average molecular weight is 181 g/mol. The minimum Gasteiger partial charge on any atom is -0.223 e. The summed E-state index contributed by atoms with van der Waals surface area (Å²) in [5, 5.41) is 4.23. The molecule has 0 saturated heterocycles. The molecular formula is C8H11N3S. The summed E-state index contributed by atoms with van der Waals surface area (Å²) in [6.07, 6.45) is 2.21. The molecule has 2 aromatic heterocycles. The van der Waals surface area contributed by atoms with Gasteiger partial charge in [-0.05, 0) is 13.3 Å². The summed E-state index contributed by atoms with van der Waals surface area (Å²) in [7, 11) is 0. The van der Waals surface area contributed by atoms with Gasteiger partial charge in [-0.15, -0.1) is 0 Å². The molecule has 0 aliphatic heterocycles. The lowest BCUT2D eigenvalue weighted by Crippen LogP contribution is -1.93. The van der Waals surface area contributed by atoms with Crippen LogP contribution in [-0.2, 0) is 6.42 Å². The zero-order valence-electron chi connectivity index (χ0n) is 7.24. The lowest BCUT2D eigenvalue weighted by molar-refractivity contribution is 0.810. The fraction of sp³-hybridized carbons (Fsp3) is 0.500. The number of aryl methyl sites for hydroxylation is 2. The van der Waals surface area contributed by atoms with Crippen molar-refractivity contribution < 1.29 is 0 Å². The number of hydrogen-bond donors (Lipinski definition) is 0. The summed E-state index contributed by atoms with van der Waals surface area (Å²) >= 11 is 1.59. The van der Waals surface area contributed by atoms with Gasteiger partial charge in [-0.2, -0.15) is 5.10 Å². The number of hydrogen-bond acceptors (Lipinski definition) is 3. The van der Waals surface area contributed by atoms with Gasteiger partial charge >= 0.3 is 0 Å². The second-order valence-corrected chi connectivity index (χ2v) is 3.64. The van der Waals surface area contributed by atoms with E-state index in [2.05, 4.69) is 17.0 Å². The predicted molar refractivity (Wildman–Crippen MR) is 49.6 cm³/mol. The highest BCUT2D eigenvalue weighted by atomic mass is 32.1. The van der Waals surface area contributed by atoms with Crippen molar-refractivity contribution in [3.8, 4) is 0 Å². The van der Waals surface area contributed by atoms with Gasteiger partial charge in [0.15, 0.2) is 0 Å². The first-order valence-electron chi connectivity index (χ1n) is 4.10. The standard InChI is InChI=1S/C8H11N3S/c1-3-4-7-6(2)10-8-11(7)9-5-12-8/h5H,3-4H2,1-2H3. The monoisotopic (exact) mass is 181 g/mol. The molecule has 4 heteroatoms. The van der Waals surface area contributed by atoms with Crippen LogP contribution in [0.1, 0.15) is 24.7 Å². The molecular weight excluding hydrogens is 170 g/mol. The molecule has 0 amide bonds. The molecule has 0 N–H and O–H groups in total. The number of aromatic nitrogens is 3. The van der Waals surface area contributed by atoms with Crippen LogP contribution in [0.2, 0.25) is 0 Å². The van der Waals surface area contributed by atoms with Crippen LogP contribution >= 0.6 is 11.3 Å². The molecule has 0 atom stereocenters. The van der Waals surface area contributed by atoms with Crippen LogP contribution in [0, 0.1) is 6.92 Å². The van der Waals surface area contributed by atoms with Crippen molar-refractivity contribution in [2.24, 2.45) is 0 Å². The van der Waals surface area contributed by atoms with Gasteiger partial charge in [-0.25, -0.2) is 9.50 Å². The first-order valence-corrected chi connectivity index (χ1v) is 4.98. The maximum absolute atomic E-state index is 4.41. The van der Waals surface area contributed by atoms with Gasteiger partial charge in [0.05, 0.1) is 11.4 Å². The van der Waals surface area contributed by atoms with Crippen molar-refractivity contribution in [2.45, 2.75) is 26.7 Å². The van der Waals surface area contributed by atoms with E-state index in [4.69, 9.17) is 0 Å². The summed E-state index contributed by atoms with van der Waals surface area (Å²) in [6.45, 7) is 4.22. The van der Waals surface area contributed by atoms with E-state index in [0.717, 1.165) is 23.5 Å². The summed E-state index contributed by atoms with van der Waals surface area (Å²) < 4.78 is 1.95. The number of fused-ring (bicyclic) bond motifs is 1. The molecule has 0 unspecified atom stereocenters. The Hall–Kier alpha value is -0.900. The van der Waals surface area contributed by atoms with E-state index in [0.29, 0.717) is 0 Å². The van der Waals surface area contributed by atoms with Crippen molar-refractivity contribution in [1.29, 1.82) is 0 Å². The first kappa shape index (κ1) is 7.73. The van der Waals surface area contributed by atoms with E-state index in [-0.39, 0.29) is 0 Å². The molecule has 0 spiro atoms. The highest BCUT2D eigenvalue weighted by molar-refractivity contribution is 7.14. The minimum absolute atomic E-state index is 1.01. The Balaban J connectivity index is 2.59. The molecule has 2 heterocycles. The molecule has 12 heavy (non-hydrogen) atoms. The molecule has 64 valence electrons. The zero-order chi connectivity index (χ0) is 8.55. The van der Waals surface area contributed by atoms with Crippen molar-refractivity contribution in [2.75, 3.05) is 0 Å². The van der Waals surface area contributed by atoms with Crippen LogP contribution in [0.3, 0.4) is 0 Å². The molecule has 0 aliphatic rings. The Morgan fingerprint density at radius 2 is 2.42 bits per heavy atom. The molecule has 0 bridgehead atoms. The normalized spacial score (nSPS) is 11.2. The van der Waals surface area contributed by atoms with E-state index in [1.54, 1.807) is 11.3 Å².